The number of hydrogen-bond acceptors (Lipinski definition) is 6. The lowest BCUT2D eigenvalue weighted by Crippen LogP contribution is -2.49. The minimum absolute atomic E-state index is 0.0820. The summed E-state index contributed by atoms with van der Waals surface area (Å²) in [6.07, 6.45) is 1.14. The fraction of sp³-hybridized carbons (Fsp3) is 0.407. The molecule has 8 nitrogen and oxygen atoms in total. The standard InChI is InChI=1S/C27H33N7O/c1-4-12-32-13-15-33(16-14-32)25(26-29-30-31-34(26)18-21-8-6-5-7-9-21)23-17-22-11-10-19(2)20(3)24(22)28-27(23)35/h5-11,17,25H,4,12-16,18H2,1-3H3,(H,28,35). The summed E-state index contributed by atoms with van der Waals surface area (Å²) in [4.78, 5) is 21.6. The van der Waals surface area contributed by atoms with Crippen molar-refractivity contribution in [3.63, 3.8) is 0 Å². The third-order valence-electron chi connectivity index (χ3n) is 7.17. The molecule has 0 saturated carbocycles. The number of aromatic nitrogens is 5. The average Bonchev–Trinajstić information content (AvgIpc) is 3.32. The summed E-state index contributed by atoms with van der Waals surface area (Å²) < 4.78 is 1.84. The highest BCUT2D eigenvalue weighted by Crippen LogP contribution is 2.29. The van der Waals surface area contributed by atoms with Gasteiger partial charge in [-0.2, -0.15) is 0 Å². The van der Waals surface area contributed by atoms with Gasteiger partial charge in [0.05, 0.1) is 12.1 Å². The molecule has 0 spiro atoms. The summed E-state index contributed by atoms with van der Waals surface area (Å²) in [6, 6.07) is 16.1. The zero-order valence-corrected chi connectivity index (χ0v) is 20.7. The van der Waals surface area contributed by atoms with Crippen molar-refractivity contribution in [3.05, 3.63) is 87.0 Å². The molecule has 1 saturated heterocycles. The van der Waals surface area contributed by atoms with E-state index in [1.54, 1.807) is 0 Å². The number of piperazine rings is 1. The summed E-state index contributed by atoms with van der Waals surface area (Å²) in [5.41, 5.74) is 4.89. The Morgan fingerprint density at radius 1 is 1.03 bits per heavy atom. The maximum absolute atomic E-state index is 13.5. The molecule has 1 atom stereocenters. The first-order chi connectivity index (χ1) is 17.0. The molecule has 1 fully saturated rings. The molecule has 1 aliphatic rings. The van der Waals surface area contributed by atoms with E-state index in [2.05, 4.69) is 75.3 Å². The number of nitrogens with one attached hydrogen (secondary N) is 1. The summed E-state index contributed by atoms with van der Waals surface area (Å²) in [5.74, 6) is 0.700. The SMILES string of the molecule is CCCN1CCN(C(c2cc3ccc(C)c(C)c3[nH]c2=O)c2nnnn2Cc2ccccc2)CC1. The van der Waals surface area contributed by atoms with Crippen molar-refractivity contribution in [2.75, 3.05) is 32.7 Å². The van der Waals surface area contributed by atoms with E-state index in [1.165, 1.54) is 0 Å². The molecule has 8 heteroatoms. The number of fused-ring (bicyclic) bond motifs is 1. The van der Waals surface area contributed by atoms with Crippen LogP contribution in [0.3, 0.4) is 0 Å². The van der Waals surface area contributed by atoms with Crippen molar-refractivity contribution < 1.29 is 0 Å². The van der Waals surface area contributed by atoms with E-state index in [0.717, 1.165) is 66.7 Å². The molecule has 0 bridgehead atoms. The lowest BCUT2D eigenvalue weighted by Gasteiger charge is -2.38. The van der Waals surface area contributed by atoms with Gasteiger partial charge in [-0.3, -0.25) is 9.69 Å². The number of rotatable bonds is 7. The van der Waals surface area contributed by atoms with E-state index >= 15 is 0 Å². The zero-order valence-electron chi connectivity index (χ0n) is 20.7. The fourth-order valence-electron chi connectivity index (χ4n) is 5.08. The second-order valence-electron chi connectivity index (χ2n) is 9.49. The Kier molecular flexibility index (Phi) is 6.74. The summed E-state index contributed by atoms with van der Waals surface area (Å²) in [6.45, 7) is 11.6. The van der Waals surface area contributed by atoms with E-state index in [4.69, 9.17) is 0 Å². The van der Waals surface area contributed by atoms with Crippen LogP contribution in [0.25, 0.3) is 10.9 Å². The summed E-state index contributed by atoms with van der Waals surface area (Å²) in [5, 5.41) is 13.8. The first-order valence-corrected chi connectivity index (χ1v) is 12.4. The molecule has 4 aromatic rings. The Bertz CT molecular complexity index is 1350. The maximum atomic E-state index is 13.5. The van der Waals surface area contributed by atoms with Gasteiger partial charge in [0.2, 0.25) is 0 Å². The molecule has 0 aliphatic carbocycles. The van der Waals surface area contributed by atoms with Crippen LogP contribution in [-0.4, -0.2) is 67.7 Å². The van der Waals surface area contributed by atoms with E-state index in [1.807, 2.05) is 28.9 Å². The van der Waals surface area contributed by atoms with Gasteiger partial charge in [0, 0.05) is 31.7 Å². The van der Waals surface area contributed by atoms with Crippen LogP contribution in [0, 0.1) is 13.8 Å². The number of aromatic amines is 1. The average molecular weight is 472 g/mol. The Morgan fingerprint density at radius 2 is 1.80 bits per heavy atom. The predicted octanol–water partition coefficient (Wildman–Crippen LogP) is 3.30. The molecule has 35 heavy (non-hydrogen) atoms. The van der Waals surface area contributed by atoms with Crippen LogP contribution >= 0.6 is 0 Å². The Balaban J connectivity index is 1.58. The molecule has 0 radical (unpaired) electrons. The predicted molar refractivity (Wildman–Crippen MR) is 138 cm³/mol. The maximum Gasteiger partial charge on any atom is 0.253 e. The van der Waals surface area contributed by atoms with Gasteiger partial charge in [0.15, 0.2) is 5.82 Å². The molecular weight excluding hydrogens is 438 g/mol. The number of tetrazole rings is 1. The molecule has 2 aromatic carbocycles. The van der Waals surface area contributed by atoms with Crippen LogP contribution in [0.15, 0.2) is 53.3 Å². The highest BCUT2D eigenvalue weighted by atomic mass is 16.1. The minimum Gasteiger partial charge on any atom is -0.321 e. The largest absolute Gasteiger partial charge is 0.321 e. The van der Waals surface area contributed by atoms with Gasteiger partial charge >= 0.3 is 0 Å². The summed E-state index contributed by atoms with van der Waals surface area (Å²) >= 11 is 0. The quantitative estimate of drug-likeness (QED) is 0.445. The molecular formula is C27H33N7O. The topological polar surface area (TPSA) is 82.9 Å². The number of pyridine rings is 1. The zero-order chi connectivity index (χ0) is 24.4. The van der Waals surface area contributed by atoms with Gasteiger partial charge in [0.25, 0.3) is 5.56 Å². The Hall–Kier alpha value is -3.36. The van der Waals surface area contributed by atoms with E-state index in [9.17, 15) is 4.79 Å². The van der Waals surface area contributed by atoms with Crippen LogP contribution in [0.2, 0.25) is 0 Å². The normalized spacial score (nSPS) is 16.1. The van der Waals surface area contributed by atoms with Crippen molar-refractivity contribution in [1.82, 2.24) is 35.0 Å². The van der Waals surface area contributed by atoms with Gasteiger partial charge in [-0.05, 0) is 65.4 Å². The van der Waals surface area contributed by atoms with Crippen LogP contribution in [0.4, 0.5) is 0 Å². The summed E-state index contributed by atoms with van der Waals surface area (Å²) in [7, 11) is 0. The molecule has 1 N–H and O–H groups in total. The van der Waals surface area contributed by atoms with Crippen LogP contribution in [0.5, 0.6) is 0 Å². The molecule has 182 valence electrons. The van der Waals surface area contributed by atoms with Gasteiger partial charge in [-0.15, -0.1) is 5.10 Å². The van der Waals surface area contributed by atoms with Crippen molar-refractivity contribution in [3.8, 4) is 0 Å². The van der Waals surface area contributed by atoms with Crippen molar-refractivity contribution in [2.24, 2.45) is 0 Å². The molecule has 2 aromatic heterocycles. The first kappa shape index (κ1) is 23.4. The highest BCUT2D eigenvalue weighted by Gasteiger charge is 2.32. The lowest BCUT2D eigenvalue weighted by atomic mass is 9.99. The number of H-pyrrole nitrogens is 1. The number of benzene rings is 2. The van der Waals surface area contributed by atoms with Gasteiger partial charge in [-0.1, -0.05) is 49.4 Å². The van der Waals surface area contributed by atoms with Gasteiger partial charge < -0.3 is 9.88 Å². The van der Waals surface area contributed by atoms with Crippen LogP contribution in [0.1, 0.15) is 47.5 Å². The fourth-order valence-corrected chi connectivity index (χ4v) is 5.08. The Morgan fingerprint density at radius 3 is 2.54 bits per heavy atom. The molecule has 3 heterocycles. The lowest BCUT2D eigenvalue weighted by molar-refractivity contribution is 0.104. The minimum atomic E-state index is -0.327. The number of hydrogen-bond donors (Lipinski definition) is 1. The van der Waals surface area contributed by atoms with Gasteiger partial charge in [-0.25, -0.2) is 4.68 Å². The van der Waals surface area contributed by atoms with Crippen LogP contribution in [-0.2, 0) is 6.54 Å². The second kappa shape index (κ2) is 10.1. The third kappa shape index (κ3) is 4.76. The van der Waals surface area contributed by atoms with Crippen molar-refractivity contribution in [2.45, 2.75) is 39.8 Å². The van der Waals surface area contributed by atoms with Crippen molar-refractivity contribution >= 4 is 10.9 Å². The van der Waals surface area contributed by atoms with E-state index in [-0.39, 0.29) is 11.6 Å². The number of aryl methyl sites for hydroxylation is 2. The highest BCUT2D eigenvalue weighted by molar-refractivity contribution is 5.83. The number of nitrogens with zero attached hydrogens (tertiary/aromatic N) is 6. The molecule has 5 rings (SSSR count). The van der Waals surface area contributed by atoms with Gasteiger partial charge in [0.1, 0.15) is 6.04 Å². The second-order valence-corrected chi connectivity index (χ2v) is 9.49. The monoisotopic (exact) mass is 471 g/mol. The van der Waals surface area contributed by atoms with E-state index in [0.29, 0.717) is 17.9 Å². The van der Waals surface area contributed by atoms with Crippen LogP contribution < -0.4 is 5.56 Å². The molecule has 1 unspecified atom stereocenters. The Labute approximate surface area is 205 Å². The van der Waals surface area contributed by atoms with E-state index < -0.39 is 0 Å². The smallest absolute Gasteiger partial charge is 0.253 e. The third-order valence-corrected chi connectivity index (χ3v) is 7.17. The first-order valence-electron chi connectivity index (χ1n) is 12.4. The van der Waals surface area contributed by atoms with Crippen molar-refractivity contribution in [1.29, 1.82) is 0 Å². The molecule has 0 amide bonds. The molecule has 1 aliphatic heterocycles.